The molecular formula is C14H20O. The molecule has 0 saturated carbocycles. The van der Waals surface area contributed by atoms with E-state index in [1.807, 2.05) is 30.3 Å². The van der Waals surface area contributed by atoms with Gasteiger partial charge in [-0.1, -0.05) is 63.4 Å². The van der Waals surface area contributed by atoms with Crippen LogP contribution in [0.15, 0.2) is 30.3 Å². The summed E-state index contributed by atoms with van der Waals surface area (Å²) in [7, 11) is 0. The lowest BCUT2D eigenvalue weighted by Gasteiger charge is -2.12. The van der Waals surface area contributed by atoms with Crippen LogP contribution < -0.4 is 0 Å². The fourth-order valence-corrected chi connectivity index (χ4v) is 1.86. The van der Waals surface area contributed by atoms with Gasteiger partial charge in [-0.15, -0.1) is 0 Å². The highest BCUT2D eigenvalue weighted by atomic mass is 16.1. The van der Waals surface area contributed by atoms with Gasteiger partial charge in [-0.05, 0) is 5.92 Å². The van der Waals surface area contributed by atoms with Crippen LogP contribution in [0.4, 0.5) is 0 Å². The number of carbonyl (C=O) groups is 1. The Labute approximate surface area is 92.5 Å². The summed E-state index contributed by atoms with van der Waals surface area (Å²) in [4.78, 5) is 11.9. The summed E-state index contributed by atoms with van der Waals surface area (Å²) in [5.74, 6) is 0.846. The van der Waals surface area contributed by atoms with E-state index in [2.05, 4.69) is 13.8 Å². The monoisotopic (exact) mass is 204 g/mol. The van der Waals surface area contributed by atoms with Crippen molar-refractivity contribution >= 4 is 5.78 Å². The van der Waals surface area contributed by atoms with Crippen molar-refractivity contribution in [3.63, 3.8) is 0 Å². The lowest BCUT2D eigenvalue weighted by Crippen LogP contribution is -2.07. The molecule has 0 aliphatic carbocycles. The lowest BCUT2D eigenvalue weighted by atomic mass is 9.92. The zero-order valence-electron chi connectivity index (χ0n) is 9.70. The normalized spacial score (nSPS) is 12.4. The Morgan fingerprint density at radius 1 is 1.20 bits per heavy atom. The number of ketones is 1. The first-order chi connectivity index (χ1) is 7.27. The summed E-state index contributed by atoms with van der Waals surface area (Å²) in [6.07, 6.45) is 4.14. The Balaban J connectivity index is 2.55. The third-order valence-electron chi connectivity index (χ3n) is 2.84. The van der Waals surface area contributed by atoms with E-state index in [1.54, 1.807) is 0 Å². The highest BCUT2D eigenvalue weighted by molar-refractivity contribution is 5.96. The van der Waals surface area contributed by atoms with Crippen LogP contribution in [0.1, 0.15) is 49.9 Å². The molecule has 1 rings (SSSR count). The van der Waals surface area contributed by atoms with Gasteiger partial charge >= 0.3 is 0 Å². The molecule has 1 unspecified atom stereocenters. The standard InChI is InChI=1S/C14H20O/c1-3-8-12(4-2)11-14(15)13-9-6-5-7-10-13/h5-7,9-10,12H,3-4,8,11H2,1-2H3. The van der Waals surface area contributed by atoms with Crippen molar-refractivity contribution in [3.8, 4) is 0 Å². The molecule has 0 amide bonds. The lowest BCUT2D eigenvalue weighted by molar-refractivity contribution is 0.0957. The zero-order valence-corrected chi connectivity index (χ0v) is 9.70. The van der Waals surface area contributed by atoms with Gasteiger partial charge < -0.3 is 0 Å². The summed E-state index contributed by atoms with van der Waals surface area (Å²) in [6, 6.07) is 9.60. The number of hydrogen-bond donors (Lipinski definition) is 0. The largest absolute Gasteiger partial charge is 0.294 e. The Morgan fingerprint density at radius 3 is 2.40 bits per heavy atom. The van der Waals surface area contributed by atoms with E-state index in [0.29, 0.717) is 12.3 Å². The van der Waals surface area contributed by atoms with Crippen molar-refractivity contribution in [1.29, 1.82) is 0 Å². The number of Topliss-reactive ketones (excluding diaryl/α,β-unsaturated/α-hetero) is 1. The number of benzene rings is 1. The SMILES string of the molecule is CCCC(CC)CC(=O)c1ccccc1. The van der Waals surface area contributed by atoms with Gasteiger partial charge in [0.1, 0.15) is 0 Å². The molecule has 1 atom stereocenters. The van der Waals surface area contributed by atoms with Gasteiger partial charge in [0, 0.05) is 12.0 Å². The van der Waals surface area contributed by atoms with Crippen LogP contribution in [-0.4, -0.2) is 5.78 Å². The zero-order chi connectivity index (χ0) is 11.1. The first-order valence-corrected chi connectivity index (χ1v) is 5.86. The molecule has 0 bridgehead atoms. The molecule has 0 aromatic heterocycles. The Bertz CT molecular complexity index is 289. The van der Waals surface area contributed by atoms with Crippen LogP contribution in [0.2, 0.25) is 0 Å². The molecule has 15 heavy (non-hydrogen) atoms. The fourth-order valence-electron chi connectivity index (χ4n) is 1.86. The van der Waals surface area contributed by atoms with Crippen LogP contribution in [0.25, 0.3) is 0 Å². The van der Waals surface area contributed by atoms with Gasteiger partial charge in [0.2, 0.25) is 0 Å². The number of rotatable bonds is 6. The van der Waals surface area contributed by atoms with Crippen LogP contribution >= 0.6 is 0 Å². The van der Waals surface area contributed by atoms with Gasteiger partial charge in [-0.3, -0.25) is 4.79 Å². The highest BCUT2D eigenvalue weighted by Crippen LogP contribution is 2.18. The van der Waals surface area contributed by atoms with Crippen molar-refractivity contribution in [3.05, 3.63) is 35.9 Å². The summed E-state index contributed by atoms with van der Waals surface area (Å²) in [5, 5.41) is 0. The molecule has 0 aliphatic heterocycles. The van der Waals surface area contributed by atoms with E-state index < -0.39 is 0 Å². The van der Waals surface area contributed by atoms with Gasteiger partial charge in [-0.25, -0.2) is 0 Å². The van der Waals surface area contributed by atoms with Crippen LogP contribution in [-0.2, 0) is 0 Å². The molecule has 0 N–H and O–H groups in total. The minimum absolute atomic E-state index is 0.288. The Hall–Kier alpha value is -1.11. The predicted octanol–water partition coefficient (Wildman–Crippen LogP) is 4.09. The molecule has 1 nitrogen and oxygen atoms in total. The van der Waals surface area contributed by atoms with Gasteiger partial charge in [-0.2, -0.15) is 0 Å². The molecule has 0 spiro atoms. The maximum atomic E-state index is 11.9. The van der Waals surface area contributed by atoms with E-state index in [9.17, 15) is 4.79 Å². The summed E-state index contributed by atoms with van der Waals surface area (Å²) in [6.45, 7) is 4.34. The third kappa shape index (κ3) is 3.86. The first kappa shape index (κ1) is 12.0. The first-order valence-electron chi connectivity index (χ1n) is 5.86. The predicted molar refractivity (Wildman–Crippen MR) is 64.1 cm³/mol. The molecular weight excluding hydrogens is 184 g/mol. The minimum atomic E-state index is 0.288. The molecule has 1 heteroatoms. The van der Waals surface area contributed by atoms with E-state index >= 15 is 0 Å². The second kappa shape index (κ2) is 6.39. The van der Waals surface area contributed by atoms with E-state index in [-0.39, 0.29) is 5.78 Å². The van der Waals surface area contributed by atoms with Gasteiger partial charge in [0.05, 0.1) is 0 Å². The molecule has 0 saturated heterocycles. The fraction of sp³-hybridized carbons (Fsp3) is 0.500. The van der Waals surface area contributed by atoms with Crippen molar-refractivity contribution < 1.29 is 4.79 Å². The molecule has 1 aromatic rings. The van der Waals surface area contributed by atoms with Gasteiger partial charge in [0.25, 0.3) is 0 Å². The topological polar surface area (TPSA) is 17.1 Å². The van der Waals surface area contributed by atoms with Crippen molar-refractivity contribution in [2.24, 2.45) is 5.92 Å². The maximum absolute atomic E-state index is 11.9. The quantitative estimate of drug-likeness (QED) is 0.638. The minimum Gasteiger partial charge on any atom is -0.294 e. The van der Waals surface area contributed by atoms with Crippen molar-refractivity contribution in [2.75, 3.05) is 0 Å². The van der Waals surface area contributed by atoms with Crippen LogP contribution in [0, 0.1) is 5.92 Å². The van der Waals surface area contributed by atoms with Gasteiger partial charge in [0.15, 0.2) is 5.78 Å². The van der Waals surface area contributed by atoms with Crippen molar-refractivity contribution in [2.45, 2.75) is 39.5 Å². The Kier molecular flexibility index (Phi) is 5.09. The highest BCUT2D eigenvalue weighted by Gasteiger charge is 2.12. The Morgan fingerprint density at radius 2 is 1.87 bits per heavy atom. The summed E-state index contributed by atoms with van der Waals surface area (Å²) in [5.41, 5.74) is 0.854. The van der Waals surface area contributed by atoms with Crippen molar-refractivity contribution in [1.82, 2.24) is 0 Å². The maximum Gasteiger partial charge on any atom is 0.163 e. The smallest absolute Gasteiger partial charge is 0.163 e. The molecule has 1 aromatic carbocycles. The molecule has 82 valence electrons. The van der Waals surface area contributed by atoms with Crippen LogP contribution in [0.5, 0.6) is 0 Å². The average molecular weight is 204 g/mol. The van der Waals surface area contributed by atoms with Crippen LogP contribution in [0.3, 0.4) is 0 Å². The molecule has 0 fully saturated rings. The number of hydrogen-bond acceptors (Lipinski definition) is 1. The van der Waals surface area contributed by atoms with E-state index in [4.69, 9.17) is 0 Å². The van der Waals surface area contributed by atoms with E-state index in [1.165, 1.54) is 6.42 Å². The molecule has 0 heterocycles. The second-order valence-electron chi connectivity index (χ2n) is 4.06. The summed E-state index contributed by atoms with van der Waals surface area (Å²) >= 11 is 0. The number of carbonyl (C=O) groups excluding carboxylic acids is 1. The summed E-state index contributed by atoms with van der Waals surface area (Å²) < 4.78 is 0. The second-order valence-corrected chi connectivity index (χ2v) is 4.06. The average Bonchev–Trinajstić information content (AvgIpc) is 2.29. The third-order valence-corrected chi connectivity index (χ3v) is 2.84. The van der Waals surface area contributed by atoms with E-state index in [0.717, 1.165) is 18.4 Å². The molecule has 0 aliphatic rings. The molecule has 0 radical (unpaired) electrons.